The van der Waals surface area contributed by atoms with Gasteiger partial charge in [-0.25, -0.2) is 0 Å². The van der Waals surface area contributed by atoms with Crippen molar-refractivity contribution in [3.8, 4) is 0 Å². The molecule has 50 heavy (non-hydrogen) atoms. The van der Waals surface area contributed by atoms with Crippen LogP contribution in [0.25, 0.3) is 22.3 Å². The van der Waals surface area contributed by atoms with Crippen molar-refractivity contribution in [1.82, 2.24) is 0 Å². The summed E-state index contributed by atoms with van der Waals surface area (Å²) >= 11 is 4.44. The standard InChI is InChI=1S/2C17H14F6S2/c2*1-7-5-11(9(3)24-7)13-14(12-6-8(2)25-10(12)4)16(20,21)17(22,23)15(13,18)19/h2*5-6H,1-4H3. The summed E-state index contributed by atoms with van der Waals surface area (Å²) in [5.74, 6) is -30.8. The average molecular weight is 793 g/mol. The number of halogens is 12. The molecule has 0 spiro atoms. The van der Waals surface area contributed by atoms with E-state index in [1.807, 2.05) is 0 Å². The SMILES string of the molecule is Cc1cc(C2=C(c3cc(C)sc3C)C(F)(F)C(F)(F)C2(F)F)c(C)s1.Cc1cc(C2=C(c3cc(C)sc3C)C(F)(F)C(F)(F)C2(F)F)c(C)s1. The molecule has 0 fully saturated rings. The summed E-state index contributed by atoms with van der Waals surface area (Å²) in [5, 5.41) is 0. The van der Waals surface area contributed by atoms with Gasteiger partial charge in [0.25, 0.3) is 0 Å². The van der Waals surface area contributed by atoms with E-state index in [-0.39, 0.29) is 22.3 Å². The summed E-state index contributed by atoms with van der Waals surface area (Å²) < 4.78 is 173. The number of rotatable bonds is 4. The third-order valence-corrected chi connectivity index (χ3v) is 12.4. The summed E-state index contributed by atoms with van der Waals surface area (Å²) in [5.41, 5.74) is -5.97. The molecule has 4 heterocycles. The minimum absolute atomic E-state index is 0.234. The number of aryl methyl sites for hydroxylation is 8. The maximum atomic E-state index is 14.6. The molecule has 0 saturated heterocycles. The van der Waals surface area contributed by atoms with Gasteiger partial charge in [0.1, 0.15) is 0 Å². The van der Waals surface area contributed by atoms with E-state index in [0.29, 0.717) is 39.0 Å². The van der Waals surface area contributed by atoms with Gasteiger partial charge in [0.15, 0.2) is 0 Å². The number of alkyl halides is 12. The Kier molecular flexibility index (Phi) is 9.27. The second kappa shape index (κ2) is 12.0. The predicted octanol–water partition coefficient (Wildman–Crippen LogP) is 13.7. The minimum Gasteiger partial charge on any atom is -0.194 e. The van der Waals surface area contributed by atoms with E-state index >= 15 is 0 Å². The molecule has 0 atom stereocenters. The average Bonchev–Trinajstić information content (AvgIpc) is 3.71. The lowest BCUT2D eigenvalue weighted by molar-refractivity contribution is -0.254. The zero-order valence-electron chi connectivity index (χ0n) is 27.5. The molecule has 0 aromatic carbocycles. The zero-order chi connectivity index (χ0) is 37.9. The van der Waals surface area contributed by atoms with Crippen molar-refractivity contribution < 1.29 is 52.7 Å². The molecule has 0 unspecified atom stereocenters. The van der Waals surface area contributed by atoms with Crippen LogP contribution in [0, 0.1) is 55.4 Å². The van der Waals surface area contributed by atoms with E-state index in [4.69, 9.17) is 0 Å². The first kappa shape index (κ1) is 38.7. The first-order valence-corrected chi connectivity index (χ1v) is 18.0. The normalized spacial score (nSPS) is 21.2. The van der Waals surface area contributed by atoms with Crippen LogP contribution in [0.1, 0.15) is 61.3 Å². The van der Waals surface area contributed by atoms with E-state index in [9.17, 15) is 52.7 Å². The van der Waals surface area contributed by atoms with Crippen LogP contribution in [0.3, 0.4) is 0 Å². The molecule has 6 rings (SSSR count). The molecule has 4 aromatic heterocycles. The summed E-state index contributed by atoms with van der Waals surface area (Å²) in [4.78, 5) is 3.59. The van der Waals surface area contributed by atoms with Gasteiger partial charge < -0.3 is 0 Å². The van der Waals surface area contributed by atoms with Gasteiger partial charge in [-0.05, 0) is 102 Å². The van der Waals surface area contributed by atoms with Crippen molar-refractivity contribution in [1.29, 1.82) is 0 Å². The molecule has 0 radical (unpaired) electrons. The fourth-order valence-electron chi connectivity index (χ4n) is 6.38. The molecular weight excluding hydrogens is 765 g/mol. The van der Waals surface area contributed by atoms with Crippen LogP contribution in [-0.4, -0.2) is 35.5 Å². The van der Waals surface area contributed by atoms with Crippen LogP contribution in [0.2, 0.25) is 0 Å². The highest BCUT2D eigenvalue weighted by atomic mass is 32.1. The minimum atomic E-state index is -5.49. The van der Waals surface area contributed by atoms with Crippen LogP contribution in [0.5, 0.6) is 0 Å². The second-order valence-electron chi connectivity index (χ2n) is 12.3. The Balaban J connectivity index is 0.000000194. The molecule has 0 saturated carbocycles. The Morgan fingerprint density at radius 2 is 0.480 bits per heavy atom. The monoisotopic (exact) mass is 792 g/mol. The van der Waals surface area contributed by atoms with Crippen LogP contribution in [-0.2, 0) is 0 Å². The van der Waals surface area contributed by atoms with Crippen molar-refractivity contribution in [2.75, 3.05) is 0 Å². The Labute approximate surface area is 295 Å². The first-order valence-electron chi connectivity index (χ1n) is 14.7. The molecule has 0 amide bonds. The topological polar surface area (TPSA) is 0 Å². The van der Waals surface area contributed by atoms with Gasteiger partial charge in [0, 0.05) is 61.3 Å². The second-order valence-corrected chi connectivity index (χ2v) is 18.1. The molecular formula is C34H28F12S4. The van der Waals surface area contributed by atoms with Gasteiger partial charge >= 0.3 is 35.5 Å². The van der Waals surface area contributed by atoms with E-state index in [2.05, 4.69) is 0 Å². The molecule has 0 nitrogen and oxygen atoms in total. The van der Waals surface area contributed by atoms with Gasteiger partial charge in [0.05, 0.1) is 0 Å². The summed E-state index contributed by atoms with van der Waals surface area (Å²) in [6.07, 6.45) is 0. The molecule has 0 aliphatic heterocycles. The molecule has 2 aliphatic carbocycles. The maximum Gasteiger partial charge on any atom is 0.380 e. The summed E-state index contributed by atoms with van der Waals surface area (Å²) in [6.45, 7) is 12.3. The lowest BCUT2D eigenvalue weighted by Gasteiger charge is -2.25. The van der Waals surface area contributed by atoms with Crippen molar-refractivity contribution in [2.24, 2.45) is 0 Å². The molecule has 2 aliphatic rings. The largest absolute Gasteiger partial charge is 0.380 e. The summed E-state index contributed by atoms with van der Waals surface area (Å²) in [7, 11) is 0. The van der Waals surface area contributed by atoms with E-state index in [1.54, 1.807) is 27.7 Å². The van der Waals surface area contributed by atoms with E-state index < -0.39 is 57.8 Å². The Morgan fingerprint density at radius 3 is 0.600 bits per heavy atom. The van der Waals surface area contributed by atoms with Gasteiger partial charge in [0.2, 0.25) is 0 Å². The number of hydrogen-bond donors (Lipinski definition) is 0. The van der Waals surface area contributed by atoms with Crippen LogP contribution in [0.15, 0.2) is 24.3 Å². The van der Waals surface area contributed by atoms with Crippen molar-refractivity contribution in [2.45, 2.75) is 90.9 Å². The molecule has 4 aromatic rings. The van der Waals surface area contributed by atoms with Crippen molar-refractivity contribution >= 4 is 67.6 Å². The molecule has 0 bridgehead atoms. The fraction of sp³-hybridized carbons (Fsp3) is 0.412. The van der Waals surface area contributed by atoms with Crippen LogP contribution in [0.4, 0.5) is 52.7 Å². The molecule has 272 valence electrons. The Hall–Kier alpha value is -2.56. The quantitative estimate of drug-likeness (QED) is 0.181. The van der Waals surface area contributed by atoms with E-state index in [1.165, 1.54) is 52.0 Å². The first-order chi connectivity index (χ1) is 22.6. The number of thiophene rings is 4. The van der Waals surface area contributed by atoms with Gasteiger partial charge in [-0.1, -0.05) is 0 Å². The smallest absolute Gasteiger partial charge is 0.194 e. The number of allylic oxidation sites excluding steroid dienone is 4. The fourth-order valence-corrected chi connectivity index (χ4v) is 10.1. The number of hydrogen-bond acceptors (Lipinski definition) is 4. The molecule has 16 heteroatoms. The Bertz CT molecular complexity index is 1780. The third kappa shape index (κ3) is 5.36. The van der Waals surface area contributed by atoms with Gasteiger partial charge in [-0.2, -0.15) is 52.7 Å². The zero-order valence-corrected chi connectivity index (χ0v) is 30.7. The third-order valence-electron chi connectivity index (χ3n) is 8.57. The van der Waals surface area contributed by atoms with Gasteiger partial charge in [-0.15, -0.1) is 45.3 Å². The van der Waals surface area contributed by atoms with Gasteiger partial charge in [-0.3, -0.25) is 0 Å². The highest BCUT2D eigenvalue weighted by molar-refractivity contribution is 7.13. The van der Waals surface area contributed by atoms with E-state index in [0.717, 1.165) is 45.3 Å². The molecule has 0 N–H and O–H groups in total. The van der Waals surface area contributed by atoms with Crippen LogP contribution < -0.4 is 0 Å². The maximum absolute atomic E-state index is 14.6. The Morgan fingerprint density at radius 1 is 0.320 bits per heavy atom. The van der Waals surface area contributed by atoms with Crippen molar-refractivity contribution in [3.05, 3.63) is 85.5 Å². The van der Waals surface area contributed by atoms with Crippen LogP contribution >= 0.6 is 45.3 Å². The van der Waals surface area contributed by atoms with Crippen molar-refractivity contribution in [3.63, 3.8) is 0 Å². The lowest BCUT2D eigenvalue weighted by atomic mass is 9.95. The predicted molar refractivity (Wildman–Crippen MR) is 178 cm³/mol. The highest BCUT2D eigenvalue weighted by Gasteiger charge is 2.81. The highest BCUT2D eigenvalue weighted by Crippen LogP contribution is 2.67. The lowest BCUT2D eigenvalue weighted by Crippen LogP contribution is -2.48. The summed E-state index contributed by atoms with van der Waals surface area (Å²) in [6, 6.07) is 5.09.